The molecule has 0 bridgehead atoms. The van der Waals surface area contributed by atoms with E-state index in [0.717, 1.165) is 9.87 Å². The second kappa shape index (κ2) is 13.5. The largest absolute Gasteiger partial charge is 0.459 e. The van der Waals surface area contributed by atoms with Gasteiger partial charge in [0, 0.05) is 41.8 Å². The minimum Gasteiger partial charge on any atom is -0.459 e. The minimum absolute atomic E-state index is 0.116. The zero-order valence-electron chi connectivity index (χ0n) is 25.4. The van der Waals surface area contributed by atoms with Gasteiger partial charge in [0.25, 0.3) is 21.8 Å². The first kappa shape index (κ1) is 33.8. The van der Waals surface area contributed by atoms with Gasteiger partial charge in [-0.05, 0) is 85.6 Å². The number of halogens is 2. The van der Waals surface area contributed by atoms with Crippen molar-refractivity contribution < 1.29 is 27.5 Å². The zero-order chi connectivity index (χ0) is 33.1. The third-order valence-corrected chi connectivity index (χ3v) is 8.76. The fourth-order valence-electron chi connectivity index (χ4n) is 4.54. The van der Waals surface area contributed by atoms with E-state index < -0.39 is 28.1 Å². The van der Waals surface area contributed by atoms with E-state index in [1.54, 1.807) is 89.5 Å². The summed E-state index contributed by atoms with van der Waals surface area (Å²) < 4.78 is 34.1. The molecule has 0 heterocycles. The van der Waals surface area contributed by atoms with Crippen LogP contribution in [-0.4, -0.2) is 57.3 Å². The lowest BCUT2D eigenvalue weighted by Crippen LogP contribution is -2.39. The highest BCUT2D eigenvalue weighted by atomic mass is 35.5. The number of amides is 2. The molecule has 0 radical (unpaired) electrons. The highest BCUT2D eigenvalue weighted by Crippen LogP contribution is 2.31. The average Bonchev–Trinajstić information content (AvgIpc) is 2.96. The van der Waals surface area contributed by atoms with Crippen molar-refractivity contribution in [3.8, 4) is 0 Å². The Bertz CT molecular complexity index is 1850. The molecule has 4 aromatic carbocycles. The molecule has 12 heteroatoms. The van der Waals surface area contributed by atoms with Crippen LogP contribution >= 0.6 is 23.2 Å². The molecule has 1 N–H and O–H groups in total. The lowest BCUT2D eigenvalue weighted by molar-refractivity contribution is -0.152. The first-order valence-electron chi connectivity index (χ1n) is 13.9. The molecule has 0 saturated carbocycles. The Kier molecular flexibility index (Phi) is 10.1. The number of benzene rings is 4. The molecule has 0 fully saturated rings. The Balaban J connectivity index is 1.65. The summed E-state index contributed by atoms with van der Waals surface area (Å²) in [6.45, 7) is 4.67. The Hall–Kier alpha value is -4.12. The Morgan fingerprint density at radius 1 is 0.867 bits per heavy atom. The molecule has 0 atom stereocenters. The molecular formula is C33H33Cl2N3O6S. The van der Waals surface area contributed by atoms with Gasteiger partial charge < -0.3 is 15.0 Å². The van der Waals surface area contributed by atoms with Crippen molar-refractivity contribution in [3.63, 3.8) is 0 Å². The summed E-state index contributed by atoms with van der Waals surface area (Å²) in [5.41, 5.74) is 1.06. The van der Waals surface area contributed by atoms with Crippen LogP contribution in [-0.2, 0) is 26.1 Å². The molecule has 0 unspecified atom stereocenters. The number of ether oxygens (including phenoxy) is 1. The summed E-state index contributed by atoms with van der Waals surface area (Å²) in [7, 11) is -0.983. The third kappa shape index (κ3) is 8.33. The van der Waals surface area contributed by atoms with E-state index in [1.807, 2.05) is 0 Å². The van der Waals surface area contributed by atoms with Crippen LogP contribution in [0.1, 0.15) is 47.1 Å². The number of carbonyl (C=O) groups is 3. The molecule has 4 rings (SSSR count). The predicted molar refractivity (Wildman–Crippen MR) is 176 cm³/mol. The van der Waals surface area contributed by atoms with E-state index in [0.29, 0.717) is 21.9 Å². The number of hydrogen-bond donors (Lipinski definition) is 1. The molecule has 0 aromatic heterocycles. The van der Waals surface area contributed by atoms with E-state index in [-0.39, 0.29) is 39.0 Å². The van der Waals surface area contributed by atoms with Crippen molar-refractivity contribution in [2.24, 2.45) is 0 Å². The van der Waals surface area contributed by atoms with E-state index in [2.05, 4.69) is 5.32 Å². The van der Waals surface area contributed by atoms with Gasteiger partial charge in [-0.3, -0.25) is 18.7 Å². The quantitative estimate of drug-likeness (QED) is 0.209. The summed E-state index contributed by atoms with van der Waals surface area (Å²) in [6.07, 6.45) is 0. The SMILES string of the molecule is CN(C)C(=O)c1ccc(CNC(=O)c2cccc3cc(N(CC(=O)OC(C)(C)C)S(=O)(=O)c4cc(Cl)cc(Cl)c4)ccc23)cc1. The molecule has 0 aliphatic carbocycles. The maximum atomic E-state index is 13.9. The summed E-state index contributed by atoms with van der Waals surface area (Å²) in [4.78, 5) is 39.6. The number of carbonyl (C=O) groups excluding carboxylic acids is 3. The van der Waals surface area contributed by atoms with Crippen LogP contribution in [0.25, 0.3) is 10.8 Å². The Morgan fingerprint density at radius 2 is 1.51 bits per heavy atom. The summed E-state index contributed by atoms with van der Waals surface area (Å²) >= 11 is 12.2. The molecule has 0 aliphatic rings. The topological polar surface area (TPSA) is 113 Å². The molecule has 45 heavy (non-hydrogen) atoms. The van der Waals surface area contributed by atoms with Gasteiger partial charge in [0.15, 0.2) is 0 Å². The highest BCUT2D eigenvalue weighted by molar-refractivity contribution is 7.92. The van der Waals surface area contributed by atoms with Gasteiger partial charge in [-0.2, -0.15) is 0 Å². The van der Waals surface area contributed by atoms with E-state index in [9.17, 15) is 22.8 Å². The molecular weight excluding hydrogens is 637 g/mol. The first-order valence-corrected chi connectivity index (χ1v) is 16.1. The standard InChI is InChI=1S/C33H33Cl2N3O6S/c1-33(2,3)44-30(39)20-38(45(42,43)27-17-24(34)16-25(35)18-27)26-13-14-28-23(15-26)7-6-8-29(28)31(40)36-19-21-9-11-22(12-10-21)32(41)37(4)5/h6-18H,19-20H2,1-5H3,(H,36,40). The van der Waals surface area contributed by atoms with E-state index in [4.69, 9.17) is 27.9 Å². The number of sulfonamides is 1. The van der Waals surface area contributed by atoms with E-state index in [1.165, 1.54) is 29.2 Å². The molecule has 0 saturated heterocycles. The van der Waals surface area contributed by atoms with Crippen LogP contribution in [0.5, 0.6) is 0 Å². The molecule has 0 aliphatic heterocycles. The second-order valence-corrected chi connectivity index (χ2v) is 14.2. The zero-order valence-corrected chi connectivity index (χ0v) is 27.8. The van der Waals surface area contributed by atoms with Crippen molar-refractivity contribution in [3.05, 3.63) is 106 Å². The lowest BCUT2D eigenvalue weighted by Gasteiger charge is -2.27. The maximum absolute atomic E-state index is 13.9. The van der Waals surface area contributed by atoms with Gasteiger partial charge in [-0.15, -0.1) is 0 Å². The van der Waals surface area contributed by atoms with Crippen LogP contribution in [0.15, 0.2) is 83.8 Å². The van der Waals surface area contributed by atoms with Gasteiger partial charge in [-0.25, -0.2) is 8.42 Å². The highest BCUT2D eigenvalue weighted by Gasteiger charge is 2.30. The van der Waals surface area contributed by atoms with Crippen LogP contribution < -0.4 is 9.62 Å². The van der Waals surface area contributed by atoms with Crippen LogP contribution in [0, 0.1) is 0 Å². The third-order valence-electron chi connectivity index (χ3n) is 6.57. The average molecular weight is 671 g/mol. The van der Waals surface area contributed by atoms with Gasteiger partial charge in [-0.1, -0.05) is 53.5 Å². The number of nitrogens with one attached hydrogen (secondary N) is 1. The monoisotopic (exact) mass is 669 g/mol. The van der Waals surface area contributed by atoms with Gasteiger partial charge in [0.2, 0.25) is 0 Å². The molecule has 0 spiro atoms. The number of fused-ring (bicyclic) bond motifs is 1. The fourth-order valence-corrected chi connectivity index (χ4v) is 6.66. The smallest absolute Gasteiger partial charge is 0.327 e. The fraction of sp³-hybridized carbons (Fsp3) is 0.242. The number of anilines is 1. The van der Waals surface area contributed by atoms with Gasteiger partial charge in [0.1, 0.15) is 12.1 Å². The van der Waals surface area contributed by atoms with E-state index >= 15 is 0 Å². The van der Waals surface area contributed by atoms with Crippen LogP contribution in [0.4, 0.5) is 5.69 Å². The first-order chi connectivity index (χ1) is 21.0. The summed E-state index contributed by atoms with van der Waals surface area (Å²) in [6, 6.07) is 20.7. The Morgan fingerprint density at radius 3 is 2.11 bits per heavy atom. The lowest BCUT2D eigenvalue weighted by atomic mass is 10.0. The van der Waals surface area contributed by atoms with Crippen LogP contribution in [0.2, 0.25) is 10.0 Å². The van der Waals surface area contributed by atoms with Crippen molar-refractivity contribution >= 4 is 67.5 Å². The normalized spacial score (nSPS) is 11.6. The molecule has 236 valence electrons. The maximum Gasteiger partial charge on any atom is 0.327 e. The van der Waals surface area contributed by atoms with Crippen molar-refractivity contribution in [1.82, 2.24) is 10.2 Å². The second-order valence-electron chi connectivity index (χ2n) is 11.5. The van der Waals surface area contributed by atoms with Gasteiger partial charge in [0.05, 0.1) is 10.6 Å². The molecule has 9 nitrogen and oxygen atoms in total. The van der Waals surface area contributed by atoms with Crippen molar-refractivity contribution in [1.29, 1.82) is 0 Å². The number of rotatable bonds is 9. The van der Waals surface area contributed by atoms with Crippen molar-refractivity contribution in [2.75, 3.05) is 24.9 Å². The van der Waals surface area contributed by atoms with Gasteiger partial charge >= 0.3 is 5.97 Å². The van der Waals surface area contributed by atoms with Crippen molar-refractivity contribution in [2.45, 2.75) is 37.8 Å². The predicted octanol–water partition coefficient (Wildman–Crippen LogP) is 6.32. The number of nitrogens with zero attached hydrogens (tertiary/aromatic N) is 2. The summed E-state index contributed by atoms with van der Waals surface area (Å²) in [5, 5.41) is 4.27. The summed E-state index contributed by atoms with van der Waals surface area (Å²) in [5.74, 6) is -1.21. The number of hydrogen-bond acceptors (Lipinski definition) is 6. The Labute approximate surface area is 272 Å². The minimum atomic E-state index is -4.34. The molecule has 4 aromatic rings. The molecule has 2 amide bonds. The number of esters is 1. The van der Waals surface area contributed by atoms with Crippen LogP contribution in [0.3, 0.4) is 0 Å².